The molecule has 1 aliphatic rings. The lowest BCUT2D eigenvalue weighted by Gasteiger charge is -2.25. The number of hydrogen-bond acceptors (Lipinski definition) is 8. The maximum Gasteiger partial charge on any atom is 0.324 e. The van der Waals surface area contributed by atoms with Crippen LogP contribution >= 0.6 is 0 Å². The average Bonchev–Trinajstić information content (AvgIpc) is 3.18. The molecule has 1 aliphatic heterocycles. The van der Waals surface area contributed by atoms with Crippen molar-refractivity contribution in [2.45, 2.75) is 25.8 Å². The molecule has 0 spiro atoms. The molecule has 0 unspecified atom stereocenters. The Morgan fingerprint density at radius 3 is 2.87 bits per heavy atom. The zero-order valence-electron chi connectivity index (χ0n) is 12.2. The van der Waals surface area contributed by atoms with Gasteiger partial charge in [-0.05, 0) is 12.8 Å². The third-order valence-electron chi connectivity index (χ3n) is 3.41. The van der Waals surface area contributed by atoms with Crippen LogP contribution in [0.2, 0.25) is 0 Å². The van der Waals surface area contributed by atoms with E-state index in [1.807, 2.05) is 5.01 Å². The minimum Gasteiger partial charge on any atom is -0.328 e. The van der Waals surface area contributed by atoms with Crippen molar-refractivity contribution in [3.05, 3.63) is 34.2 Å². The normalized spacial score (nSPS) is 15.5. The Hall–Kier alpha value is -2.82. The van der Waals surface area contributed by atoms with E-state index in [-0.39, 0.29) is 23.9 Å². The van der Waals surface area contributed by atoms with Crippen molar-refractivity contribution in [3.8, 4) is 0 Å². The van der Waals surface area contributed by atoms with E-state index in [1.165, 1.54) is 10.9 Å². The number of nitro groups is 1. The maximum atomic E-state index is 12.0. The van der Waals surface area contributed by atoms with Gasteiger partial charge in [-0.2, -0.15) is 10.1 Å². The van der Waals surface area contributed by atoms with Crippen molar-refractivity contribution >= 4 is 11.6 Å². The van der Waals surface area contributed by atoms with E-state index < -0.39 is 10.8 Å². The molecule has 1 N–H and O–H groups in total. The van der Waals surface area contributed by atoms with Crippen molar-refractivity contribution < 1.29 is 14.2 Å². The SMILES string of the molecule is O=C(NN1CCCCC1)c1nc(Cn2cc([N+](=O)[O-])cn2)no1. The molecule has 0 aliphatic carbocycles. The second-order valence-corrected chi connectivity index (χ2v) is 5.16. The topological polar surface area (TPSA) is 132 Å². The molecule has 1 saturated heterocycles. The van der Waals surface area contributed by atoms with Crippen LogP contribution in [0.4, 0.5) is 5.69 Å². The Balaban J connectivity index is 1.60. The van der Waals surface area contributed by atoms with Crippen molar-refractivity contribution in [3.63, 3.8) is 0 Å². The number of piperidine rings is 1. The molecular formula is C12H15N7O4. The van der Waals surface area contributed by atoms with Crippen molar-refractivity contribution in [2.24, 2.45) is 0 Å². The van der Waals surface area contributed by atoms with Crippen molar-refractivity contribution in [1.29, 1.82) is 0 Å². The van der Waals surface area contributed by atoms with Crippen LogP contribution in [0, 0.1) is 10.1 Å². The summed E-state index contributed by atoms with van der Waals surface area (Å²) in [5, 5.41) is 19.9. The van der Waals surface area contributed by atoms with E-state index in [0.717, 1.165) is 38.5 Å². The molecule has 0 aromatic carbocycles. The Morgan fingerprint density at radius 2 is 2.17 bits per heavy atom. The standard InChI is InChI=1S/C12H15N7O4/c20-11(15-17-4-2-1-3-5-17)12-14-10(16-23-12)8-18-7-9(6-13-18)19(21)22/h6-7H,1-5,8H2,(H,15,20). The maximum absolute atomic E-state index is 12.0. The first kappa shape index (κ1) is 15.1. The zero-order valence-corrected chi connectivity index (χ0v) is 12.2. The van der Waals surface area contributed by atoms with E-state index in [4.69, 9.17) is 4.52 Å². The largest absolute Gasteiger partial charge is 0.328 e. The first-order chi connectivity index (χ1) is 11.1. The minimum absolute atomic E-state index is 0.0777. The fraction of sp³-hybridized carbons (Fsp3) is 0.500. The molecule has 122 valence electrons. The summed E-state index contributed by atoms with van der Waals surface area (Å²) in [6, 6.07) is 0. The molecule has 0 radical (unpaired) electrons. The smallest absolute Gasteiger partial charge is 0.324 e. The van der Waals surface area contributed by atoms with E-state index in [2.05, 4.69) is 20.7 Å². The predicted octanol–water partition coefficient (Wildman–Crippen LogP) is 0.353. The zero-order chi connectivity index (χ0) is 16.2. The second kappa shape index (κ2) is 6.52. The number of carbonyl (C=O) groups is 1. The highest BCUT2D eigenvalue weighted by Gasteiger charge is 2.20. The van der Waals surface area contributed by atoms with Crippen LogP contribution in [0.25, 0.3) is 0 Å². The minimum atomic E-state index is -0.544. The van der Waals surface area contributed by atoms with E-state index in [1.54, 1.807) is 0 Å². The van der Waals surface area contributed by atoms with Crippen LogP contribution in [0.3, 0.4) is 0 Å². The van der Waals surface area contributed by atoms with Gasteiger partial charge in [-0.3, -0.25) is 25.0 Å². The molecule has 3 heterocycles. The molecule has 0 atom stereocenters. The Labute approximate surface area is 130 Å². The highest BCUT2D eigenvalue weighted by molar-refractivity contribution is 5.89. The molecule has 0 bridgehead atoms. The number of nitrogens with one attached hydrogen (secondary N) is 1. The van der Waals surface area contributed by atoms with Gasteiger partial charge in [0.25, 0.3) is 0 Å². The lowest BCUT2D eigenvalue weighted by Crippen LogP contribution is -2.45. The number of amides is 1. The lowest BCUT2D eigenvalue weighted by molar-refractivity contribution is -0.385. The summed E-state index contributed by atoms with van der Waals surface area (Å²) in [5.74, 6) is -0.392. The first-order valence-corrected chi connectivity index (χ1v) is 7.17. The number of hydrazine groups is 1. The third-order valence-corrected chi connectivity index (χ3v) is 3.41. The number of carbonyl (C=O) groups excluding carboxylic acids is 1. The molecule has 11 nitrogen and oxygen atoms in total. The molecule has 2 aromatic heterocycles. The number of nitrogens with zero attached hydrogens (tertiary/aromatic N) is 6. The van der Waals surface area contributed by atoms with Gasteiger partial charge in [0, 0.05) is 13.1 Å². The number of rotatable bonds is 5. The van der Waals surface area contributed by atoms with Crippen LogP contribution < -0.4 is 5.43 Å². The monoisotopic (exact) mass is 321 g/mol. The van der Waals surface area contributed by atoms with Gasteiger partial charge in [-0.1, -0.05) is 11.6 Å². The molecule has 0 saturated carbocycles. The van der Waals surface area contributed by atoms with Gasteiger partial charge in [0.15, 0.2) is 5.82 Å². The number of hydrogen-bond donors (Lipinski definition) is 1. The fourth-order valence-corrected chi connectivity index (χ4v) is 2.29. The molecule has 11 heteroatoms. The average molecular weight is 321 g/mol. The van der Waals surface area contributed by atoms with E-state index in [9.17, 15) is 14.9 Å². The second-order valence-electron chi connectivity index (χ2n) is 5.16. The summed E-state index contributed by atoms with van der Waals surface area (Å²) >= 11 is 0. The molecule has 1 fully saturated rings. The molecule has 3 rings (SSSR count). The van der Waals surface area contributed by atoms with Gasteiger partial charge in [0.05, 0.1) is 4.92 Å². The van der Waals surface area contributed by atoms with Gasteiger partial charge < -0.3 is 4.52 Å². The van der Waals surface area contributed by atoms with Crippen molar-refractivity contribution in [1.82, 2.24) is 30.4 Å². The Kier molecular flexibility index (Phi) is 4.28. The molecular weight excluding hydrogens is 306 g/mol. The summed E-state index contributed by atoms with van der Waals surface area (Å²) < 4.78 is 6.22. The van der Waals surface area contributed by atoms with Crippen LogP contribution in [0.5, 0.6) is 0 Å². The summed E-state index contributed by atoms with van der Waals surface area (Å²) in [6.45, 7) is 1.67. The number of aromatic nitrogens is 4. The predicted molar refractivity (Wildman–Crippen MR) is 75.2 cm³/mol. The van der Waals surface area contributed by atoms with Gasteiger partial charge >= 0.3 is 17.5 Å². The molecule has 1 amide bonds. The summed E-state index contributed by atoms with van der Waals surface area (Å²) in [6.07, 6.45) is 5.61. The summed E-state index contributed by atoms with van der Waals surface area (Å²) in [4.78, 5) is 26.0. The van der Waals surface area contributed by atoms with Crippen LogP contribution in [-0.2, 0) is 6.54 Å². The molecule has 2 aromatic rings. The quantitative estimate of drug-likeness (QED) is 0.616. The summed E-state index contributed by atoms with van der Waals surface area (Å²) in [5.41, 5.74) is 2.59. The van der Waals surface area contributed by atoms with Gasteiger partial charge in [0.2, 0.25) is 0 Å². The van der Waals surface area contributed by atoms with Crippen molar-refractivity contribution in [2.75, 3.05) is 13.1 Å². The highest BCUT2D eigenvalue weighted by Crippen LogP contribution is 2.10. The molecule has 23 heavy (non-hydrogen) atoms. The fourth-order valence-electron chi connectivity index (χ4n) is 2.29. The van der Waals surface area contributed by atoms with Crippen LogP contribution in [0.15, 0.2) is 16.9 Å². The van der Waals surface area contributed by atoms with Crippen LogP contribution in [-0.4, -0.2) is 48.9 Å². The van der Waals surface area contributed by atoms with Crippen LogP contribution in [0.1, 0.15) is 35.8 Å². The Bertz CT molecular complexity index is 704. The third kappa shape index (κ3) is 3.69. The highest BCUT2D eigenvalue weighted by atomic mass is 16.6. The van der Waals surface area contributed by atoms with Gasteiger partial charge in [-0.15, -0.1) is 0 Å². The first-order valence-electron chi connectivity index (χ1n) is 7.17. The van der Waals surface area contributed by atoms with Gasteiger partial charge in [0.1, 0.15) is 18.9 Å². The van der Waals surface area contributed by atoms with Gasteiger partial charge in [-0.25, -0.2) is 5.01 Å². The van der Waals surface area contributed by atoms with E-state index >= 15 is 0 Å². The van der Waals surface area contributed by atoms with E-state index in [0.29, 0.717) is 0 Å². The summed E-state index contributed by atoms with van der Waals surface area (Å²) in [7, 11) is 0. The Morgan fingerprint density at radius 1 is 1.39 bits per heavy atom. The lowest BCUT2D eigenvalue weighted by atomic mass is 10.2.